The minimum Gasteiger partial charge on any atom is -0.463 e. The Balaban J connectivity index is 2.34. The van der Waals surface area contributed by atoms with E-state index in [1.807, 2.05) is 38.1 Å². The third kappa shape index (κ3) is 2.89. The monoisotopic (exact) mass is 259 g/mol. The number of hydrogen-bond acceptors (Lipinski definition) is 4. The summed E-state index contributed by atoms with van der Waals surface area (Å²) < 4.78 is 4.45. The fourth-order valence-electron chi connectivity index (χ4n) is 2.36. The highest BCUT2D eigenvalue weighted by Gasteiger charge is 2.28. The topological polar surface area (TPSA) is 55.7 Å². The summed E-state index contributed by atoms with van der Waals surface area (Å²) >= 11 is 0. The van der Waals surface area contributed by atoms with E-state index in [4.69, 9.17) is 0 Å². The molecule has 1 heterocycles. The summed E-state index contributed by atoms with van der Waals surface area (Å²) in [5.41, 5.74) is 2.54. The van der Waals surface area contributed by atoms with Crippen molar-refractivity contribution >= 4 is 17.5 Å². The number of ketones is 1. The summed E-state index contributed by atoms with van der Waals surface area (Å²) in [6.45, 7) is 4.04. The maximum absolute atomic E-state index is 11.7. The second kappa shape index (κ2) is 4.96. The zero-order valence-electron chi connectivity index (χ0n) is 11.4. The maximum Gasteiger partial charge on any atom is 0.374 e. The molecule has 2 rings (SSSR count). The van der Waals surface area contributed by atoms with Crippen molar-refractivity contribution in [2.45, 2.75) is 32.2 Å². The Morgan fingerprint density at radius 3 is 2.68 bits per heavy atom. The van der Waals surface area contributed by atoms with E-state index in [9.17, 15) is 9.59 Å². The van der Waals surface area contributed by atoms with Gasteiger partial charge in [0.05, 0.1) is 24.8 Å². The first-order valence-electron chi connectivity index (χ1n) is 6.21. The molecule has 1 aromatic carbocycles. The number of Topliss-reactive ketones (excluding diaryl/α,β-unsaturated/α-hetero) is 1. The van der Waals surface area contributed by atoms with Gasteiger partial charge in [-0.1, -0.05) is 24.3 Å². The molecule has 4 nitrogen and oxygen atoms in total. The third-order valence-electron chi connectivity index (χ3n) is 3.13. The maximum atomic E-state index is 11.7. The SMILES string of the molecule is COC(=O)C(=O)CC1=NC(C)(C)Cc2ccccc21. The Kier molecular flexibility index (Phi) is 3.51. The van der Waals surface area contributed by atoms with Crippen molar-refractivity contribution in [1.82, 2.24) is 0 Å². The van der Waals surface area contributed by atoms with Crippen LogP contribution in [0.15, 0.2) is 29.3 Å². The summed E-state index contributed by atoms with van der Waals surface area (Å²) in [6, 6.07) is 7.86. The molecule has 0 aliphatic carbocycles. The Hall–Kier alpha value is -1.97. The summed E-state index contributed by atoms with van der Waals surface area (Å²) in [5, 5.41) is 0. The van der Waals surface area contributed by atoms with Crippen molar-refractivity contribution in [2.75, 3.05) is 7.11 Å². The number of nitrogens with zero attached hydrogens (tertiary/aromatic N) is 1. The molecule has 0 N–H and O–H groups in total. The Morgan fingerprint density at radius 1 is 1.32 bits per heavy atom. The van der Waals surface area contributed by atoms with Crippen LogP contribution < -0.4 is 0 Å². The van der Waals surface area contributed by atoms with Crippen molar-refractivity contribution in [2.24, 2.45) is 4.99 Å². The predicted octanol–water partition coefficient (Wildman–Crippen LogP) is 1.94. The van der Waals surface area contributed by atoms with Crippen LogP contribution in [-0.2, 0) is 20.7 Å². The lowest BCUT2D eigenvalue weighted by Gasteiger charge is -2.28. The van der Waals surface area contributed by atoms with Gasteiger partial charge in [0.1, 0.15) is 0 Å². The number of hydrogen-bond donors (Lipinski definition) is 0. The number of fused-ring (bicyclic) bond motifs is 1. The molecule has 0 spiro atoms. The van der Waals surface area contributed by atoms with Gasteiger partial charge in [-0.15, -0.1) is 0 Å². The van der Waals surface area contributed by atoms with Gasteiger partial charge in [0.2, 0.25) is 5.78 Å². The van der Waals surface area contributed by atoms with E-state index in [-0.39, 0.29) is 12.0 Å². The van der Waals surface area contributed by atoms with Gasteiger partial charge in [-0.2, -0.15) is 0 Å². The molecule has 100 valence electrons. The van der Waals surface area contributed by atoms with Crippen LogP contribution in [0.3, 0.4) is 0 Å². The van der Waals surface area contributed by atoms with Crippen molar-refractivity contribution in [3.8, 4) is 0 Å². The molecule has 0 atom stereocenters. The van der Waals surface area contributed by atoms with Gasteiger partial charge in [-0.3, -0.25) is 9.79 Å². The molecule has 0 bridgehead atoms. The quantitative estimate of drug-likeness (QED) is 0.615. The lowest BCUT2D eigenvalue weighted by atomic mass is 9.86. The molecule has 1 aromatic rings. The number of aliphatic imine (C=N–C) groups is 1. The fourth-order valence-corrected chi connectivity index (χ4v) is 2.36. The van der Waals surface area contributed by atoms with E-state index >= 15 is 0 Å². The van der Waals surface area contributed by atoms with Crippen molar-refractivity contribution in [1.29, 1.82) is 0 Å². The zero-order valence-corrected chi connectivity index (χ0v) is 11.4. The lowest BCUT2D eigenvalue weighted by Crippen LogP contribution is -2.31. The summed E-state index contributed by atoms with van der Waals surface area (Å²) in [7, 11) is 1.21. The van der Waals surface area contributed by atoms with Gasteiger partial charge in [0, 0.05) is 0 Å². The summed E-state index contributed by atoms with van der Waals surface area (Å²) in [6.07, 6.45) is 0.826. The first kappa shape index (κ1) is 13.5. The highest BCUT2D eigenvalue weighted by Crippen LogP contribution is 2.27. The van der Waals surface area contributed by atoms with Gasteiger partial charge in [0.15, 0.2) is 0 Å². The number of carbonyl (C=O) groups is 2. The van der Waals surface area contributed by atoms with E-state index < -0.39 is 11.8 Å². The molecular formula is C15H17NO3. The van der Waals surface area contributed by atoms with E-state index in [1.165, 1.54) is 7.11 Å². The second-order valence-corrected chi connectivity index (χ2v) is 5.30. The van der Waals surface area contributed by atoms with Gasteiger partial charge in [0.25, 0.3) is 0 Å². The molecule has 0 saturated carbocycles. The smallest absolute Gasteiger partial charge is 0.374 e. The van der Waals surface area contributed by atoms with Crippen LogP contribution in [-0.4, -0.2) is 30.1 Å². The molecule has 0 unspecified atom stereocenters. The molecule has 0 fully saturated rings. The number of ether oxygens (including phenoxy) is 1. The summed E-state index contributed by atoms with van der Waals surface area (Å²) in [5.74, 6) is -1.38. The van der Waals surface area contributed by atoms with Gasteiger partial charge in [-0.05, 0) is 31.4 Å². The molecule has 1 aliphatic rings. The van der Waals surface area contributed by atoms with Crippen LogP contribution in [0.1, 0.15) is 31.4 Å². The third-order valence-corrected chi connectivity index (χ3v) is 3.13. The minimum absolute atomic E-state index is 0.00683. The Labute approximate surface area is 112 Å². The van der Waals surface area contributed by atoms with E-state index in [0.29, 0.717) is 5.71 Å². The van der Waals surface area contributed by atoms with E-state index in [2.05, 4.69) is 9.73 Å². The highest BCUT2D eigenvalue weighted by molar-refractivity contribution is 6.38. The minimum atomic E-state index is -0.816. The molecular weight excluding hydrogens is 242 g/mol. The second-order valence-electron chi connectivity index (χ2n) is 5.30. The molecule has 0 radical (unpaired) electrons. The van der Waals surface area contributed by atoms with Crippen molar-refractivity contribution in [3.05, 3.63) is 35.4 Å². The molecule has 0 amide bonds. The van der Waals surface area contributed by atoms with Gasteiger partial charge in [-0.25, -0.2) is 4.79 Å². The number of benzene rings is 1. The van der Waals surface area contributed by atoms with Crippen LogP contribution in [0.2, 0.25) is 0 Å². The van der Waals surface area contributed by atoms with Crippen LogP contribution >= 0.6 is 0 Å². The van der Waals surface area contributed by atoms with Crippen molar-refractivity contribution < 1.29 is 14.3 Å². The average Bonchev–Trinajstić information content (AvgIpc) is 2.36. The van der Waals surface area contributed by atoms with Crippen LogP contribution in [0.4, 0.5) is 0 Å². The molecule has 4 heteroatoms. The highest BCUT2D eigenvalue weighted by atomic mass is 16.5. The average molecular weight is 259 g/mol. The standard InChI is InChI=1S/C15H17NO3/c1-15(2)9-10-6-4-5-7-11(10)12(16-15)8-13(17)14(18)19-3/h4-7H,8-9H2,1-3H3. The summed E-state index contributed by atoms with van der Waals surface area (Å²) in [4.78, 5) is 27.5. The number of esters is 1. The number of methoxy groups -OCH3 is 1. The van der Waals surface area contributed by atoms with Crippen LogP contribution in [0.5, 0.6) is 0 Å². The fraction of sp³-hybridized carbons (Fsp3) is 0.400. The predicted molar refractivity (Wildman–Crippen MR) is 72.4 cm³/mol. The first-order valence-corrected chi connectivity index (χ1v) is 6.21. The van der Waals surface area contributed by atoms with Gasteiger partial charge >= 0.3 is 5.97 Å². The Bertz CT molecular complexity index is 558. The number of rotatable bonds is 3. The first-order chi connectivity index (χ1) is 8.93. The zero-order chi connectivity index (χ0) is 14.0. The van der Waals surface area contributed by atoms with E-state index in [0.717, 1.165) is 17.5 Å². The normalized spacial score (nSPS) is 16.3. The molecule has 19 heavy (non-hydrogen) atoms. The lowest BCUT2D eigenvalue weighted by molar-refractivity contribution is -0.151. The Morgan fingerprint density at radius 2 is 2.00 bits per heavy atom. The molecule has 1 aliphatic heterocycles. The van der Waals surface area contributed by atoms with Crippen LogP contribution in [0.25, 0.3) is 0 Å². The molecule has 0 aromatic heterocycles. The van der Waals surface area contributed by atoms with E-state index in [1.54, 1.807) is 0 Å². The molecule has 0 saturated heterocycles. The van der Waals surface area contributed by atoms with Crippen molar-refractivity contribution in [3.63, 3.8) is 0 Å². The van der Waals surface area contributed by atoms with Gasteiger partial charge < -0.3 is 4.74 Å². The van der Waals surface area contributed by atoms with Crippen LogP contribution in [0, 0.1) is 0 Å². The largest absolute Gasteiger partial charge is 0.463 e. The number of carbonyl (C=O) groups excluding carboxylic acids is 2.